The number of unbranched alkanes of at least 4 members (excludes halogenated alkanes) is 1. The van der Waals surface area contributed by atoms with Crippen molar-refractivity contribution in [1.82, 2.24) is 5.32 Å². The lowest BCUT2D eigenvalue weighted by Crippen LogP contribution is -2.34. The zero-order valence-corrected chi connectivity index (χ0v) is 9.89. The molecule has 17 heavy (non-hydrogen) atoms. The van der Waals surface area contributed by atoms with Gasteiger partial charge in [0, 0.05) is 13.2 Å². The van der Waals surface area contributed by atoms with Crippen molar-refractivity contribution < 1.29 is 19.1 Å². The maximum Gasteiger partial charge on any atom is 0.294 e. The van der Waals surface area contributed by atoms with Crippen LogP contribution < -0.4 is 11.1 Å². The first-order valence-electron chi connectivity index (χ1n) is 5.98. The van der Waals surface area contributed by atoms with E-state index in [1.807, 2.05) is 0 Å². The Kier molecular flexibility index (Phi) is 6.57. The fourth-order valence-electron chi connectivity index (χ4n) is 1.72. The smallest absolute Gasteiger partial charge is 0.294 e. The quantitative estimate of drug-likeness (QED) is 0.354. The zero-order valence-electron chi connectivity index (χ0n) is 9.89. The molecule has 0 aromatic rings. The van der Waals surface area contributed by atoms with Crippen LogP contribution in [0.5, 0.6) is 0 Å². The molecule has 2 atom stereocenters. The van der Waals surface area contributed by atoms with Crippen LogP contribution in [-0.2, 0) is 19.1 Å². The predicted octanol–water partition coefficient (Wildman–Crippen LogP) is -0.0903. The van der Waals surface area contributed by atoms with Crippen LogP contribution >= 0.6 is 0 Å². The van der Waals surface area contributed by atoms with Gasteiger partial charge in [-0.15, -0.1) is 0 Å². The number of amides is 1. The van der Waals surface area contributed by atoms with E-state index in [-0.39, 0.29) is 12.0 Å². The highest BCUT2D eigenvalue weighted by Crippen LogP contribution is 2.11. The van der Waals surface area contributed by atoms with Gasteiger partial charge >= 0.3 is 0 Å². The van der Waals surface area contributed by atoms with Gasteiger partial charge in [-0.05, 0) is 32.1 Å². The molecule has 0 saturated carbocycles. The fraction of sp³-hybridized carbons (Fsp3) is 0.818. The van der Waals surface area contributed by atoms with Gasteiger partial charge in [0.05, 0.1) is 0 Å². The van der Waals surface area contributed by atoms with E-state index in [2.05, 4.69) is 10.1 Å². The molecule has 0 aromatic heterocycles. The van der Waals surface area contributed by atoms with Gasteiger partial charge < -0.3 is 14.8 Å². The average molecular weight is 244 g/mol. The molecule has 0 spiro atoms. The number of hydrogen-bond donors (Lipinski definition) is 2. The molecule has 1 heterocycles. The lowest BCUT2D eigenvalue weighted by atomic mass is 10.2. The van der Waals surface area contributed by atoms with Gasteiger partial charge in [-0.2, -0.15) is 0 Å². The molecule has 0 unspecified atom stereocenters. The molecule has 0 aliphatic carbocycles. The van der Waals surface area contributed by atoms with Crippen LogP contribution in [0.25, 0.3) is 0 Å². The minimum absolute atomic E-state index is 0.0315. The highest BCUT2D eigenvalue weighted by atomic mass is 16.5. The number of hydrogen-bond acceptors (Lipinski definition) is 5. The maximum absolute atomic E-state index is 11.5. The Labute approximate surface area is 101 Å². The molecule has 6 heteroatoms. The van der Waals surface area contributed by atoms with Crippen molar-refractivity contribution in [2.24, 2.45) is 5.73 Å². The minimum atomic E-state index is -0.540. The second-order valence-corrected chi connectivity index (χ2v) is 4.06. The van der Waals surface area contributed by atoms with Gasteiger partial charge in [-0.25, -0.2) is 0 Å². The molecule has 0 radical (unpaired) electrons. The summed E-state index contributed by atoms with van der Waals surface area (Å²) in [4.78, 5) is 21.5. The van der Waals surface area contributed by atoms with Gasteiger partial charge in [0.2, 0.25) is 5.91 Å². The monoisotopic (exact) mass is 244 g/mol. The first kappa shape index (κ1) is 13.9. The Morgan fingerprint density at radius 1 is 1.59 bits per heavy atom. The predicted molar refractivity (Wildman–Crippen MR) is 61.0 cm³/mol. The van der Waals surface area contributed by atoms with Crippen molar-refractivity contribution in [2.75, 3.05) is 13.2 Å². The first-order chi connectivity index (χ1) is 8.24. The molecule has 1 saturated heterocycles. The van der Waals surface area contributed by atoms with Crippen LogP contribution in [0, 0.1) is 0 Å². The summed E-state index contributed by atoms with van der Waals surface area (Å²) < 4.78 is 9.79. The summed E-state index contributed by atoms with van der Waals surface area (Å²) in [6, 6.07) is 0. The molecule has 3 N–H and O–H groups in total. The molecule has 1 fully saturated rings. The van der Waals surface area contributed by atoms with E-state index in [4.69, 9.17) is 10.5 Å². The standard InChI is InChI=1S/C11H20N2O4/c12-10(17-8-14)5-1-2-6-13-11(15)9-4-3-7-16-9/h8-10H,1-7,12H2,(H,13,15)/t9-,10-/m1/s1. The molecular formula is C11H20N2O4. The Morgan fingerprint density at radius 3 is 3.06 bits per heavy atom. The van der Waals surface area contributed by atoms with Crippen LogP contribution in [-0.4, -0.2) is 37.9 Å². The first-order valence-corrected chi connectivity index (χ1v) is 5.98. The Bertz CT molecular complexity index is 242. The van der Waals surface area contributed by atoms with Crippen LogP contribution in [0.3, 0.4) is 0 Å². The topological polar surface area (TPSA) is 90.7 Å². The summed E-state index contributed by atoms with van der Waals surface area (Å²) >= 11 is 0. The summed E-state index contributed by atoms with van der Waals surface area (Å²) in [6.45, 7) is 1.63. The van der Waals surface area contributed by atoms with Gasteiger partial charge in [0.1, 0.15) is 6.10 Å². The minimum Gasteiger partial charge on any atom is -0.449 e. The third kappa shape index (κ3) is 5.65. The van der Waals surface area contributed by atoms with E-state index < -0.39 is 6.23 Å². The SMILES string of the molecule is N[C@@H](CCCCNC(=O)[C@H]1CCCO1)OC=O. The summed E-state index contributed by atoms with van der Waals surface area (Å²) in [6.07, 6.45) is 3.18. The van der Waals surface area contributed by atoms with Crippen molar-refractivity contribution >= 4 is 12.4 Å². The average Bonchev–Trinajstić information content (AvgIpc) is 2.82. The molecule has 98 valence electrons. The molecule has 0 aromatic carbocycles. The highest BCUT2D eigenvalue weighted by Gasteiger charge is 2.22. The van der Waals surface area contributed by atoms with E-state index >= 15 is 0 Å². The summed E-state index contributed by atoms with van der Waals surface area (Å²) in [7, 11) is 0. The van der Waals surface area contributed by atoms with Crippen LogP contribution in [0.1, 0.15) is 32.1 Å². The number of ether oxygens (including phenoxy) is 2. The second kappa shape index (κ2) is 8.03. The summed E-state index contributed by atoms with van der Waals surface area (Å²) in [5.41, 5.74) is 5.46. The molecule has 1 aliphatic rings. The fourth-order valence-corrected chi connectivity index (χ4v) is 1.72. The Balaban J connectivity index is 1.96. The largest absolute Gasteiger partial charge is 0.449 e. The number of nitrogens with two attached hydrogens (primary N) is 1. The van der Waals surface area contributed by atoms with Crippen LogP contribution in [0.15, 0.2) is 0 Å². The lowest BCUT2D eigenvalue weighted by molar-refractivity contribution is -0.133. The number of carbonyl (C=O) groups is 2. The van der Waals surface area contributed by atoms with E-state index in [0.717, 1.165) is 25.7 Å². The maximum atomic E-state index is 11.5. The molecular weight excluding hydrogens is 224 g/mol. The van der Waals surface area contributed by atoms with E-state index in [1.54, 1.807) is 0 Å². The second-order valence-electron chi connectivity index (χ2n) is 4.06. The van der Waals surface area contributed by atoms with Crippen molar-refractivity contribution in [1.29, 1.82) is 0 Å². The number of rotatable bonds is 8. The third-order valence-electron chi connectivity index (χ3n) is 2.67. The van der Waals surface area contributed by atoms with Gasteiger partial charge in [0.25, 0.3) is 6.47 Å². The van der Waals surface area contributed by atoms with Gasteiger partial charge in [-0.3, -0.25) is 15.3 Å². The zero-order chi connectivity index (χ0) is 12.5. The normalized spacial score (nSPS) is 20.9. The summed E-state index contributed by atoms with van der Waals surface area (Å²) in [5.74, 6) is -0.0315. The molecule has 0 bridgehead atoms. The Hall–Kier alpha value is -1.14. The highest BCUT2D eigenvalue weighted by molar-refractivity contribution is 5.80. The van der Waals surface area contributed by atoms with Crippen molar-refractivity contribution in [2.45, 2.75) is 44.4 Å². The summed E-state index contributed by atoms with van der Waals surface area (Å²) in [5, 5.41) is 2.82. The molecule has 6 nitrogen and oxygen atoms in total. The van der Waals surface area contributed by atoms with Crippen molar-refractivity contribution in [3.63, 3.8) is 0 Å². The van der Waals surface area contributed by atoms with E-state index in [1.165, 1.54) is 0 Å². The molecule has 1 amide bonds. The molecule has 1 rings (SSSR count). The lowest BCUT2D eigenvalue weighted by Gasteiger charge is -2.11. The number of carbonyl (C=O) groups excluding carboxylic acids is 2. The van der Waals surface area contributed by atoms with E-state index in [9.17, 15) is 9.59 Å². The van der Waals surface area contributed by atoms with Crippen LogP contribution in [0.4, 0.5) is 0 Å². The van der Waals surface area contributed by atoms with E-state index in [0.29, 0.717) is 26.0 Å². The number of nitrogens with one attached hydrogen (secondary N) is 1. The van der Waals surface area contributed by atoms with Gasteiger partial charge in [0.15, 0.2) is 6.23 Å². The Morgan fingerprint density at radius 2 is 2.41 bits per heavy atom. The van der Waals surface area contributed by atoms with Gasteiger partial charge in [-0.1, -0.05) is 0 Å². The molecule has 1 aliphatic heterocycles. The van der Waals surface area contributed by atoms with Crippen molar-refractivity contribution in [3.05, 3.63) is 0 Å². The van der Waals surface area contributed by atoms with Crippen molar-refractivity contribution in [3.8, 4) is 0 Å². The third-order valence-corrected chi connectivity index (χ3v) is 2.67. The van der Waals surface area contributed by atoms with Crippen LogP contribution in [0.2, 0.25) is 0 Å².